The van der Waals surface area contributed by atoms with Crippen molar-refractivity contribution in [3.63, 3.8) is 0 Å². The molecule has 0 saturated carbocycles. The molecule has 3 rings (SSSR count). The first kappa shape index (κ1) is 13.6. The maximum atomic E-state index is 11.0. The molecule has 22 heavy (non-hydrogen) atoms. The van der Waals surface area contributed by atoms with Crippen LogP contribution in [0.5, 0.6) is 0 Å². The minimum Gasteiger partial charge on any atom is -0.478 e. The molecule has 0 unspecified atom stereocenters. The highest BCUT2D eigenvalue weighted by Gasteiger charge is 2.15. The largest absolute Gasteiger partial charge is 0.478 e. The molecular formula is C14H10N4O4. The van der Waals surface area contributed by atoms with E-state index in [1.54, 1.807) is 12.1 Å². The first-order valence-electron chi connectivity index (χ1n) is 6.23. The van der Waals surface area contributed by atoms with Crippen LogP contribution in [0.1, 0.15) is 10.4 Å². The van der Waals surface area contributed by atoms with Gasteiger partial charge in [-0.2, -0.15) is 0 Å². The molecule has 0 amide bonds. The molecule has 1 aromatic heterocycles. The molecule has 0 aliphatic rings. The van der Waals surface area contributed by atoms with Gasteiger partial charge >= 0.3 is 5.97 Å². The van der Waals surface area contributed by atoms with Gasteiger partial charge in [0.25, 0.3) is 5.69 Å². The van der Waals surface area contributed by atoms with Crippen molar-refractivity contribution in [3.05, 3.63) is 52.1 Å². The molecule has 1 heterocycles. The quantitative estimate of drug-likeness (QED) is 0.386. The number of nitrogens with zero attached hydrogens (tertiary/aromatic N) is 2. The SMILES string of the molecule is Nc1ccc(-c2nc3ccc(C(=O)O)cc3[nH]2)cc1[N+](=O)[O-]. The van der Waals surface area contributed by atoms with Crippen molar-refractivity contribution < 1.29 is 14.8 Å². The molecule has 8 nitrogen and oxygen atoms in total. The summed E-state index contributed by atoms with van der Waals surface area (Å²) in [5, 5.41) is 19.9. The van der Waals surface area contributed by atoms with Crippen LogP contribution in [0.3, 0.4) is 0 Å². The van der Waals surface area contributed by atoms with Crippen LogP contribution in [-0.4, -0.2) is 26.0 Å². The fraction of sp³-hybridized carbons (Fsp3) is 0. The number of aromatic carboxylic acids is 1. The van der Waals surface area contributed by atoms with Crippen LogP contribution in [0.25, 0.3) is 22.4 Å². The monoisotopic (exact) mass is 298 g/mol. The van der Waals surface area contributed by atoms with Gasteiger partial charge in [-0.1, -0.05) is 0 Å². The molecule has 8 heteroatoms. The van der Waals surface area contributed by atoms with E-state index >= 15 is 0 Å². The Kier molecular flexibility index (Phi) is 2.99. The number of imidazole rings is 1. The molecule has 0 fully saturated rings. The number of anilines is 1. The highest BCUT2D eigenvalue weighted by Crippen LogP contribution is 2.28. The summed E-state index contributed by atoms with van der Waals surface area (Å²) in [6.45, 7) is 0. The van der Waals surface area contributed by atoms with Gasteiger partial charge in [-0.3, -0.25) is 10.1 Å². The third-order valence-electron chi connectivity index (χ3n) is 3.23. The van der Waals surface area contributed by atoms with Gasteiger partial charge in [-0.05, 0) is 30.3 Å². The van der Waals surface area contributed by atoms with Gasteiger partial charge in [0.05, 0.1) is 21.5 Å². The van der Waals surface area contributed by atoms with Gasteiger partial charge in [0.2, 0.25) is 0 Å². The third kappa shape index (κ3) is 2.22. The number of nitrogens with one attached hydrogen (secondary N) is 1. The second-order valence-electron chi connectivity index (χ2n) is 4.65. The molecule has 0 radical (unpaired) electrons. The number of aromatic amines is 1. The first-order chi connectivity index (χ1) is 10.5. The zero-order valence-electron chi connectivity index (χ0n) is 11.1. The lowest BCUT2D eigenvalue weighted by atomic mass is 10.1. The molecule has 0 aliphatic heterocycles. The predicted molar refractivity (Wildman–Crippen MR) is 79.6 cm³/mol. The fourth-order valence-electron chi connectivity index (χ4n) is 2.13. The number of carboxylic acids is 1. The van der Waals surface area contributed by atoms with E-state index in [9.17, 15) is 14.9 Å². The number of fused-ring (bicyclic) bond motifs is 1. The van der Waals surface area contributed by atoms with Crippen LogP contribution in [0.4, 0.5) is 11.4 Å². The number of aromatic nitrogens is 2. The zero-order chi connectivity index (χ0) is 15.9. The Hall–Kier alpha value is -3.42. The summed E-state index contributed by atoms with van der Waals surface area (Å²) in [4.78, 5) is 28.6. The second kappa shape index (κ2) is 4.85. The van der Waals surface area contributed by atoms with Crippen LogP contribution in [0.2, 0.25) is 0 Å². The summed E-state index contributed by atoms with van der Waals surface area (Å²) in [5.74, 6) is -0.637. The van der Waals surface area contributed by atoms with E-state index in [1.807, 2.05) is 0 Å². The van der Waals surface area contributed by atoms with Crippen molar-refractivity contribution in [1.29, 1.82) is 0 Å². The Bertz CT molecular complexity index is 916. The van der Waals surface area contributed by atoms with Gasteiger partial charge in [0.15, 0.2) is 0 Å². The maximum Gasteiger partial charge on any atom is 0.335 e. The van der Waals surface area contributed by atoms with Crippen LogP contribution in [0, 0.1) is 10.1 Å². The highest BCUT2D eigenvalue weighted by atomic mass is 16.6. The average Bonchev–Trinajstić information content (AvgIpc) is 2.90. The van der Waals surface area contributed by atoms with Crippen LogP contribution >= 0.6 is 0 Å². The van der Waals surface area contributed by atoms with E-state index in [0.29, 0.717) is 22.4 Å². The Morgan fingerprint density at radius 1 is 1.27 bits per heavy atom. The summed E-state index contributed by atoms with van der Waals surface area (Å²) < 4.78 is 0. The van der Waals surface area contributed by atoms with E-state index in [1.165, 1.54) is 24.3 Å². The molecule has 0 spiro atoms. The number of hydrogen-bond donors (Lipinski definition) is 3. The van der Waals surface area contributed by atoms with Crippen LogP contribution < -0.4 is 5.73 Å². The van der Waals surface area contributed by atoms with Crippen molar-refractivity contribution in [2.75, 3.05) is 5.73 Å². The van der Waals surface area contributed by atoms with Crippen molar-refractivity contribution in [2.24, 2.45) is 0 Å². The average molecular weight is 298 g/mol. The first-order valence-corrected chi connectivity index (χ1v) is 6.23. The van der Waals surface area contributed by atoms with Crippen molar-refractivity contribution in [1.82, 2.24) is 9.97 Å². The maximum absolute atomic E-state index is 11.0. The van der Waals surface area contributed by atoms with Gasteiger partial charge in [-0.25, -0.2) is 9.78 Å². The minimum absolute atomic E-state index is 0.0676. The van der Waals surface area contributed by atoms with Crippen molar-refractivity contribution in [3.8, 4) is 11.4 Å². The van der Waals surface area contributed by atoms with Crippen molar-refractivity contribution in [2.45, 2.75) is 0 Å². The zero-order valence-corrected chi connectivity index (χ0v) is 11.1. The highest BCUT2D eigenvalue weighted by molar-refractivity contribution is 5.93. The molecule has 0 bridgehead atoms. The molecule has 0 saturated heterocycles. The molecule has 4 N–H and O–H groups in total. The summed E-state index contributed by atoms with van der Waals surface area (Å²) >= 11 is 0. The predicted octanol–water partition coefficient (Wildman–Crippen LogP) is 2.42. The Labute approximate surface area is 123 Å². The summed E-state index contributed by atoms with van der Waals surface area (Å²) in [6, 6.07) is 8.84. The molecule has 2 aromatic carbocycles. The van der Waals surface area contributed by atoms with E-state index < -0.39 is 10.9 Å². The minimum atomic E-state index is -1.04. The molecular weight excluding hydrogens is 288 g/mol. The number of benzene rings is 2. The summed E-state index contributed by atoms with van der Waals surface area (Å²) in [7, 11) is 0. The number of carboxylic acid groups (broad SMARTS) is 1. The molecule has 0 aliphatic carbocycles. The number of rotatable bonds is 3. The second-order valence-corrected chi connectivity index (χ2v) is 4.65. The lowest BCUT2D eigenvalue weighted by Gasteiger charge is -2.00. The van der Waals surface area contributed by atoms with Crippen molar-refractivity contribution >= 4 is 28.4 Å². The van der Waals surface area contributed by atoms with Gasteiger partial charge in [0, 0.05) is 11.6 Å². The molecule has 110 valence electrons. The molecule has 0 atom stereocenters. The van der Waals surface area contributed by atoms with E-state index in [-0.39, 0.29) is 16.9 Å². The standard InChI is InChI=1S/C14H10N4O4/c15-9-3-1-7(6-12(9)18(21)22)13-16-10-4-2-8(14(19)20)5-11(10)17-13/h1-6H,15H2,(H,16,17)(H,19,20). The number of nitro benzene ring substituents is 1. The molecule has 3 aromatic rings. The Morgan fingerprint density at radius 2 is 2.05 bits per heavy atom. The fourth-order valence-corrected chi connectivity index (χ4v) is 2.13. The number of nitro groups is 1. The Balaban J connectivity index is 2.12. The number of nitrogen functional groups attached to an aromatic ring is 1. The lowest BCUT2D eigenvalue weighted by molar-refractivity contribution is -0.383. The van der Waals surface area contributed by atoms with E-state index in [0.717, 1.165) is 0 Å². The number of H-pyrrole nitrogens is 1. The Morgan fingerprint density at radius 3 is 2.73 bits per heavy atom. The van der Waals surface area contributed by atoms with Gasteiger partial charge in [0.1, 0.15) is 11.5 Å². The number of hydrogen-bond acceptors (Lipinski definition) is 5. The van der Waals surface area contributed by atoms with Gasteiger partial charge < -0.3 is 15.8 Å². The van der Waals surface area contributed by atoms with Gasteiger partial charge in [-0.15, -0.1) is 0 Å². The number of carbonyl (C=O) groups is 1. The van der Waals surface area contributed by atoms with Crippen LogP contribution in [-0.2, 0) is 0 Å². The summed E-state index contributed by atoms with van der Waals surface area (Å²) in [6.07, 6.45) is 0. The smallest absolute Gasteiger partial charge is 0.335 e. The lowest BCUT2D eigenvalue weighted by Crippen LogP contribution is -1.96. The van der Waals surface area contributed by atoms with E-state index in [2.05, 4.69) is 9.97 Å². The number of nitrogens with two attached hydrogens (primary N) is 1. The summed E-state index contributed by atoms with van der Waals surface area (Å²) in [5.41, 5.74) is 7.15. The normalized spacial score (nSPS) is 10.7. The van der Waals surface area contributed by atoms with Crippen LogP contribution in [0.15, 0.2) is 36.4 Å². The topological polar surface area (TPSA) is 135 Å². The van der Waals surface area contributed by atoms with E-state index in [4.69, 9.17) is 10.8 Å². The third-order valence-corrected chi connectivity index (χ3v) is 3.23.